The van der Waals surface area contributed by atoms with Crippen LogP contribution in [0.1, 0.15) is 9.67 Å². The number of nitrogens with one attached hydrogen (secondary N) is 1. The molecule has 1 aliphatic heterocycles. The number of fused-ring (bicyclic) bond motifs is 1. The Morgan fingerprint density at radius 1 is 1.37 bits per heavy atom. The van der Waals surface area contributed by atoms with Crippen LogP contribution in [0.25, 0.3) is 10.1 Å². The van der Waals surface area contributed by atoms with E-state index in [-0.39, 0.29) is 5.91 Å². The molecule has 1 saturated heterocycles. The maximum atomic E-state index is 12.5. The quantitative estimate of drug-likeness (QED) is 0.848. The third-order valence-electron chi connectivity index (χ3n) is 3.30. The molecule has 100 valence electrons. The molecular formula is C13H14ClN3OS. The van der Waals surface area contributed by atoms with Gasteiger partial charge in [0.25, 0.3) is 5.91 Å². The van der Waals surface area contributed by atoms with Crippen molar-refractivity contribution in [1.82, 2.24) is 10.2 Å². The van der Waals surface area contributed by atoms with Crippen LogP contribution in [0.4, 0.5) is 5.69 Å². The largest absolute Gasteiger partial charge is 0.397 e. The van der Waals surface area contributed by atoms with Crippen LogP contribution in [-0.4, -0.2) is 37.0 Å². The molecule has 2 heterocycles. The minimum Gasteiger partial charge on any atom is -0.397 e. The van der Waals surface area contributed by atoms with E-state index in [0.717, 1.165) is 36.3 Å². The maximum Gasteiger partial charge on any atom is 0.266 e. The van der Waals surface area contributed by atoms with Crippen LogP contribution in [0.2, 0.25) is 5.02 Å². The van der Waals surface area contributed by atoms with Crippen molar-refractivity contribution < 1.29 is 4.79 Å². The Hall–Kier alpha value is -1.30. The van der Waals surface area contributed by atoms with Crippen molar-refractivity contribution in [2.24, 2.45) is 0 Å². The lowest BCUT2D eigenvalue weighted by Crippen LogP contribution is -2.46. The number of carbonyl (C=O) groups excluding carboxylic acids is 1. The first kappa shape index (κ1) is 12.7. The Labute approximate surface area is 120 Å². The fraction of sp³-hybridized carbons (Fsp3) is 0.308. The summed E-state index contributed by atoms with van der Waals surface area (Å²) in [4.78, 5) is 14.9. The van der Waals surface area contributed by atoms with Crippen LogP contribution in [0.5, 0.6) is 0 Å². The summed E-state index contributed by atoms with van der Waals surface area (Å²) in [6, 6.07) is 5.61. The predicted molar refractivity (Wildman–Crippen MR) is 80.0 cm³/mol. The van der Waals surface area contributed by atoms with Gasteiger partial charge in [0, 0.05) is 36.3 Å². The number of halogens is 1. The third-order valence-corrected chi connectivity index (χ3v) is 4.77. The van der Waals surface area contributed by atoms with Gasteiger partial charge in [-0.25, -0.2) is 0 Å². The van der Waals surface area contributed by atoms with Crippen LogP contribution >= 0.6 is 22.9 Å². The molecule has 1 aliphatic rings. The first-order valence-corrected chi connectivity index (χ1v) is 7.34. The predicted octanol–water partition coefficient (Wildman–Crippen LogP) is 2.18. The lowest BCUT2D eigenvalue weighted by Gasteiger charge is -2.27. The Morgan fingerprint density at radius 2 is 2.11 bits per heavy atom. The number of hydrogen-bond acceptors (Lipinski definition) is 4. The van der Waals surface area contributed by atoms with Gasteiger partial charge in [-0.1, -0.05) is 17.7 Å². The molecule has 1 amide bonds. The summed E-state index contributed by atoms with van der Waals surface area (Å²) in [5.74, 6) is 0.0104. The molecule has 3 N–H and O–H groups in total. The van der Waals surface area contributed by atoms with Crippen molar-refractivity contribution >= 4 is 44.6 Å². The van der Waals surface area contributed by atoms with Gasteiger partial charge in [-0.05, 0) is 12.1 Å². The van der Waals surface area contributed by atoms with Gasteiger partial charge in [0.05, 0.1) is 10.7 Å². The minimum absolute atomic E-state index is 0.0104. The molecule has 0 radical (unpaired) electrons. The molecular weight excluding hydrogens is 282 g/mol. The summed E-state index contributed by atoms with van der Waals surface area (Å²) in [6.45, 7) is 3.11. The van der Waals surface area contributed by atoms with Gasteiger partial charge in [-0.15, -0.1) is 11.3 Å². The molecule has 0 unspecified atom stereocenters. The Bertz CT molecular complexity index is 634. The molecule has 2 aromatic rings. The maximum absolute atomic E-state index is 12.5. The van der Waals surface area contributed by atoms with Gasteiger partial charge < -0.3 is 16.0 Å². The molecule has 0 bridgehead atoms. The fourth-order valence-electron chi connectivity index (χ4n) is 2.30. The average Bonchev–Trinajstić information content (AvgIpc) is 2.78. The fourth-order valence-corrected chi connectivity index (χ4v) is 3.75. The summed E-state index contributed by atoms with van der Waals surface area (Å²) in [6.07, 6.45) is 0. The monoisotopic (exact) mass is 295 g/mol. The van der Waals surface area contributed by atoms with E-state index in [1.54, 1.807) is 6.07 Å². The molecule has 0 atom stereocenters. The number of anilines is 1. The van der Waals surface area contributed by atoms with Crippen LogP contribution in [0.15, 0.2) is 18.2 Å². The number of amides is 1. The normalized spacial score (nSPS) is 15.9. The van der Waals surface area contributed by atoms with Gasteiger partial charge in [0.15, 0.2) is 0 Å². The van der Waals surface area contributed by atoms with Crippen molar-refractivity contribution in [3.63, 3.8) is 0 Å². The lowest BCUT2D eigenvalue weighted by atomic mass is 10.2. The number of nitrogens with zero attached hydrogens (tertiary/aromatic N) is 1. The highest BCUT2D eigenvalue weighted by atomic mass is 35.5. The highest BCUT2D eigenvalue weighted by Crippen LogP contribution is 2.38. The first-order valence-electron chi connectivity index (χ1n) is 6.15. The Morgan fingerprint density at radius 3 is 2.79 bits per heavy atom. The topological polar surface area (TPSA) is 58.4 Å². The molecule has 1 aromatic heterocycles. The molecule has 0 aliphatic carbocycles. The smallest absolute Gasteiger partial charge is 0.266 e. The highest BCUT2D eigenvalue weighted by Gasteiger charge is 2.23. The van der Waals surface area contributed by atoms with Crippen LogP contribution < -0.4 is 11.1 Å². The number of thiophene rings is 1. The highest BCUT2D eigenvalue weighted by molar-refractivity contribution is 7.21. The second-order valence-electron chi connectivity index (χ2n) is 4.50. The number of carbonyl (C=O) groups is 1. The molecule has 3 rings (SSSR count). The lowest BCUT2D eigenvalue weighted by molar-refractivity contribution is 0.0742. The van der Waals surface area contributed by atoms with Crippen molar-refractivity contribution in [1.29, 1.82) is 0 Å². The SMILES string of the molecule is Nc1c(C(=O)N2CCNCC2)sc2cccc(Cl)c12. The van der Waals surface area contributed by atoms with Gasteiger partial charge in [-0.2, -0.15) is 0 Å². The van der Waals surface area contributed by atoms with Crippen molar-refractivity contribution in [3.05, 3.63) is 28.1 Å². The number of hydrogen-bond donors (Lipinski definition) is 2. The number of nitrogens with two attached hydrogens (primary N) is 1. The molecule has 4 nitrogen and oxygen atoms in total. The second-order valence-corrected chi connectivity index (χ2v) is 5.96. The summed E-state index contributed by atoms with van der Waals surface area (Å²) in [5.41, 5.74) is 6.62. The number of benzene rings is 1. The van der Waals surface area contributed by atoms with Crippen LogP contribution in [0.3, 0.4) is 0 Å². The molecule has 0 spiro atoms. The van der Waals surface area contributed by atoms with E-state index in [9.17, 15) is 4.79 Å². The summed E-state index contributed by atoms with van der Waals surface area (Å²) in [7, 11) is 0. The van der Waals surface area contributed by atoms with Crippen LogP contribution in [-0.2, 0) is 0 Å². The Kier molecular flexibility index (Phi) is 3.35. The van der Waals surface area contributed by atoms with Gasteiger partial charge in [-0.3, -0.25) is 4.79 Å². The van der Waals surface area contributed by atoms with Crippen molar-refractivity contribution in [2.75, 3.05) is 31.9 Å². The molecule has 0 saturated carbocycles. The minimum atomic E-state index is 0.0104. The van der Waals surface area contributed by atoms with E-state index < -0.39 is 0 Å². The van der Waals surface area contributed by atoms with Gasteiger partial charge in [0.2, 0.25) is 0 Å². The standard InChI is InChI=1S/C13H14ClN3OS/c14-8-2-1-3-9-10(8)11(15)12(19-9)13(18)17-6-4-16-5-7-17/h1-3,16H,4-7,15H2. The van der Waals surface area contributed by atoms with Crippen molar-refractivity contribution in [3.8, 4) is 0 Å². The molecule has 6 heteroatoms. The first-order chi connectivity index (χ1) is 9.18. The van der Waals surface area contributed by atoms with E-state index in [0.29, 0.717) is 15.6 Å². The van der Waals surface area contributed by atoms with E-state index in [1.807, 2.05) is 17.0 Å². The van der Waals surface area contributed by atoms with Crippen molar-refractivity contribution in [2.45, 2.75) is 0 Å². The number of rotatable bonds is 1. The van der Waals surface area contributed by atoms with Gasteiger partial charge in [0.1, 0.15) is 4.88 Å². The van der Waals surface area contributed by atoms with Gasteiger partial charge >= 0.3 is 0 Å². The molecule has 1 fully saturated rings. The van der Waals surface area contributed by atoms with Crippen LogP contribution in [0, 0.1) is 0 Å². The average molecular weight is 296 g/mol. The zero-order valence-electron chi connectivity index (χ0n) is 10.3. The third kappa shape index (κ3) is 2.18. The zero-order valence-corrected chi connectivity index (χ0v) is 11.9. The zero-order chi connectivity index (χ0) is 13.4. The summed E-state index contributed by atoms with van der Waals surface area (Å²) in [5, 5.41) is 4.63. The Balaban J connectivity index is 2.03. The van der Waals surface area contributed by atoms with E-state index in [1.165, 1.54) is 11.3 Å². The number of piperazine rings is 1. The summed E-state index contributed by atoms with van der Waals surface area (Å²) >= 11 is 7.58. The second kappa shape index (κ2) is 5.00. The van der Waals surface area contributed by atoms with E-state index in [2.05, 4.69) is 5.32 Å². The van der Waals surface area contributed by atoms with E-state index >= 15 is 0 Å². The molecule has 1 aromatic carbocycles. The summed E-state index contributed by atoms with van der Waals surface area (Å²) < 4.78 is 0.962. The molecule has 19 heavy (non-hydrogen) atoms. The number of nitrogen functional groups attached to an aromatic ring is 1. The van der Waals surface area contributed by atoms with E-state index in [4.69, 9.17) is 17.3 Å².